The van der Waals surface area contributed by atoms with Crippen LogP contribution in [0.4, 0.5) is 0 Å². The van der Waals surface area contributed by atoms with E-state index in [1.807, 2.05) is 36.4 Å². The number of nitrogens with zero attached hydrogens (tertiary/aromatic N) is 1. The molecule has 2 atom stereocenters. The minimum absolute atomic E-state index is 0.112. The van der Waals surface area contributed by atoms with Crippen LogP contribution in [0.15, 0.2) is 91.0 Å². The summed E-state index contributed by atoms with van der Waals surface area (Å²) in [5, 5.41) is 12.3. The summed E-state index contributed by atoms with van der Waals surface area (Å²) in [6.45, 7) is 1.95. The van der Waals surface area contributed by atoms with Crippen LogP contribution >= 0.6 is 0 Å². The van der Waals surface area contributed by atoms with Crippen LogP contribution in [0.5, 0.6) is 0 Å². The molecule has 0 saturated carbocycles. The van der Waals surface area contributed by atoms with Crippen molar-refractivity contribution in [2.45, 2.75) is 17.9 Å². The number of hydrogen-bond acceptors (Lipinski definition) is 2. The predicted octanol–water partition coefficient (Wildman–Crippen LogP) is 4.66. The van der Waals surface area contributed by atoms with E-state index >= 15 is 0 Å². The summed E-state index contributed by atoms with van der Waals surface area (Å²) in [6, 6.07) is 31.0. The molecule has 1 aliphatic rings. The maximum absolute atomic E-state index is 12.3. The van der Waals surface area contributed by atoms with Crippen molar-refractivity contribution < 1.29 is 5.11 Å². The lowest BCUT2D eigenvalue weighted by atomic mass is 9.66. The van der Waals surface area contributed by atoms with Crippen molar-refractivity contribution in [3.8, 4) is 0 Å². The average Bonchev–Trinajstić information content (AvgIpc) is 2.75. The molecule has 0 unspecified atom stereocenters. The standard InChI is InChI=1S/C25H27NO/c1-26-18-17-24(23(19-26)20-11-5-2-6-12-20)25(27,21-13-7-3-8-14-21)22-15-9-4-10-16-22/h2-16,23-24,27H,17-19H2,1H3/t23-,24+/m0/s1. The Morgan fingerprint density at radius 2 is 1.26 bits per heavy atom. The summed E-state index contributed by atoms with van der Waals surface area (Å²) in [4.78, 5) is 2.38. The molecule has 0 radical (unpaired) electrons. The molecule has 1 heterocycles. The normalized spacial score (nSPS) is 21.1. The number of likely N-dealkylation sites (N-methyl/N-ethyl adjacent to an activating group) is 1. The van der Waals surface area contributed by atoms with Crippen molar-refractivity contribution in [3.05, 3.63) is 108 Å². The second-order valence-electron chi connectivity index (χ2n) is 7.67. The lowest BCUT2D eigenvalue weighted by molar-refractivity contribution is -0.0229. The Morgan fingerprint density at radius 1 is 0.778 bits per heavy atom. The van der Waals surface area contributed by atoms with E-state index in [0.29, 0.717) is 0 Å². The van der Waals surface area contributed by atoms with Gasteiger partial charge < -0.3 is 10.0 Å². The van der Waals surface area contributed by atoms with E-state index in [2.05, 4.69) is 66.5 Å². The van der Waals surface area contributed by atoms with Gasteiger partial charge in [-0.05, 0) is 36.7 Å². The van der Waals surface area contributed by atoms with Crippen molar-refractivity contribution in [1.82, 2.24) is 4.90 Å². The fourth-order valence-electron chi connectivity index (χ4n) is 4.63. The molecule has 0 aliphatic carbocycles. The minimum Gasteiger partial charge on any atom is -0.380 e. The first-order valence-electron chi connectivity index (χ1n) is 9.76. The lowest BCUT2D eigenvalue weighted by Crippen LogP contribution is -2.47. The largest absolute Gasteiger partial charge is 0.380 e. The molecule has 0 amide bonds. The molecule has 0 bridgehead atoms. The third kappa shape index (κ3) is 3.43. The second kappa shape index (κ2) is 7.67. The molecule has 1 saturated heterocycles. The van der Waals surface area contributed by atoms with Crippen molar-refractivity contribution in [2.24, 2.45) is 5.92 Å². The van der Waals surface area contributed by atoms with Crippen LogP contribution in [0.1, 0.15) is 29.0 Å². The van der Waals surface area contributed by atoms with Crippen molar-refractivity contribution in [3.63, 3.8) is 0 Å². The quantitative estimate of drug-likeness (QED) is 0.734. The first-order chi connectivity index (χ1) is 13.2. The summed E-state index contributed by atoms with van der Waals surface area (Å²) in [5.74, 6) is 0.385. The van der Waals surface area contributed by atoms with Crippen molar-refractivity contribution >= 4 is 0 Å². The fraction of sp³-hybridized carbons (Fsp3) is 0.280. The Bertz CT molecular complexity index is 808. The Kier molecular flexibility index (Phi) is 5.11. The van der Waals surface area contributed by atoms with Gasteiger partial charge in [-0.2, -0.15) is 0 Å². The minimum atomic E-state index is -1.01. The average molecular weight is 357 g/mol. The Balaban J connectivity index is 1.85. The molecule has 4 rings (SSSR count). The number of hydrogen-bond donors (Lipinski definition) is 1. The molecule has 2 nitrogen and oxygen atoms in total. The van der Waals surface area contributed by atoms with Gasteiger partial charge in [-0.25, -0.2) is 0 Å². The van der Waals surface area contributed by atoms with E-state index in [-0.39, 0.29) is 11.8 Å². The molecule has 1 aliphatic heterocycles. The monoisotopic (exact) mass is 357 g/mol. The second-order valence-corrected chi connectivity index (χ2v) is 7.67. The zero-order valence-electron chi connectivity index (χ0n) is 15.8. The van der Waals surface area contributed by atoms with E-state index in [1.165, 1.54) is 5.56 Å². The fourth-order valence-corrected chi connectivity index (χ4v) is 4.63. The Labute approximate surface area is 162 Å². The molecule has 3 aromatic rings. The lowest BCUT2D eigenvalue weighted by Gasteiger charge is -2.46. The van der Waals surface area contributed by atoms with Crippen LogP contribution in [-0.4, -0.2) is 30.1 Å². The Hall–Kier alpha value is -2.42. The maximum atomic E-state index is 12.3. The van der Waals surface area contributed by atoms with E-state index < -0.39 is 5.60 Å². The highest BCUT2D eigenvalue weighted by atomic mass is 16.3. The van der Waals surface area contributed by atoms with Crippen LogP contribution in [0, 0.1) is 5.92 Å². The van der Waals surface area contributed by atoms with Gasteiger partial charge in [-0.15, -0.1) is 0 Å². The van der Waals surface area contributed by atoms with Gasteiger partial charge in [-0.3, -0.25) is 0 Å². The first kappa shape index (κ1) is 18.0. The number of likely N-dealkylation sites (tertiary alicyclic amines) is 1. The van der Waals surface area contributed by atoms with Gasteiger partial charge in [-0.1, -0.05) is 91.0 Å². The van der Waals surface area contributed by atoms with E-state index in [0.717, 1.165) is 30.6 Å². The van der Waals surface area contributed by atoms with Crippen LogP contribution in [0.2, 0.25) is 0 Å². The highest BCUT2D eigenvalue weighted by Crippen LogP contribution is 2.47. The third-order valence-corrected chi connectivity index (χ3v) is 6.01. The molecule has 138 valence electrons. The molecule has 0 spiro atoms. The molecular weight excluding hydrogens is 330 g/mol. The maximum Gasteiger partial charge on any atom is 0.118 e. The number of piperidine rings is 1. The molecule has 2 heteroatoms. The smallest absolute Gasteiger partial charge is 0.118 e. The summed E-state index contributed by atoms with van der Waals surface area (Å²) >= 11 is 0. The molecular formula is C25H27NO. The number of benzene rings is 3. The van der Waals surface area contributed by atoms with Crippen LogP contribution in [0.25, 0.3) is 0 Å². The van der Waals surface area contributed by atoms with Gasteiger partial charge in [0.05, 0.1) is 0 Å². The first-order valence-corrected chi connectivity index (χ1v) is 9.76. The highest BCUT2D eigenvalue weighted by Gasteiger charge is 2.46. The van der Waals surface area contributed by atoms with Gasteiger partial charge in [0.15, 0.2) is 0 Å². The molecule has 1 N–H and O–H groups in total. The topological polar surface area (TPSA) is 23.5 Å². The van der Waals surface area contributed by atoms with Gasteiger partial charge in [0.25, 0.3) is 0 Å². The summed E-state index contributed by atoms with van der Waals surface area (Å²) in [5.41, 5.74) is 2.25. The molecule has 0 aromatic heterocycles. The highest BCUT2D eigenvalue weighted by molar-refractivity contribution is 5.39. The molecule has 3 aromatic carbocycles. The van der Waals surface area contributed by atoms with Gasteiger partial charge in [0, 0.05) is 18.4 Å². The van der Waals surface area contributed by atoms with E-state index in [9.17, 15) is 5.11 Å². The van der Waals surface area contributed by atoms with Gasteiger partial charge >= 0.3 is 0 Å². The van der Waals surface area contributed by atoms with Crippen LogP contribution < -0.4 is 0 Å². The third-order valence-electron chi connectivity index (χ3n) is 6.01. The molecule has 27 heavy (non-hydrogen) atoms. The number of rotatable bonds is 4. The predicted molar refractivity (Wildman–Crippen MR) is 111 cm³/mol. The van der Waals surface area contributed by atoms with E-state index in [4.69, 9.17) is 0 Å². The van der Waals surface area contributed by atoms with Crippen LogP contribution in [-0.2, 0) is 5.60 Å². The van der Waals surface area contributed by atoms with Crippen molar-refractivity contribution in [2.75, 3.05) is 20.1 Å². The zero-order chi connectivity index (χ0) is 18.7. The SMILES string of the molecule is CN1CC[C@@H](C(O)(c2ccccc2)c2ccccc2)[C@H](c2ccccc2)C1. The summed E-state index contributed by atoms with van der Waals surface area (Å²) < 4.78 is 0. The number of aliphatic hydroxyl groups is 1. The van der Waals surface area contributed by atoms with E-state index in [1.54, 1.807) is 0 Å². The van der Waals surface area contributed by atoms with Gasteiger partial charge in [0.1, 0.15) is 5.60 Å². The Morgan fingerprint density at radius 3 is 1.78 bits per heavy atom. The zero-order valence-corrected chi connectivity index (χ0v) is 15.8. The summed E-state index contributed by atoms with van der Waals surface area (Å²) in [6.07, 6.45) is 0.955. The summed E-state index contributed by atoms with van der Waals surface area (Å²) in [7, 11) is 2.18. The van der Waals surface area contributed by atoms with Crippen LogP contribution in [0.3, 0.4) is 0 Å². The molecule has 1 fully saturated rings. The van der Waals surface area contributed by atoms with Crippen molar-refractivity contribution in [1.29, 1.82) is 0 Å². The van der Waals surface area contributed by atoms with Gasteiger partial charge in [0.2, 0.25) is 0 Å².